The predicted molar refractivity (Wildman–Crippen MR) is 117 cm³/mol. The molecule has 0 fully saturated rings. The van der Waals surface area contributed by atoms with Crippen LogP contribution in [0.5, 0.6) is 11.5 Å². The molecule has 0 aliphatic rings. The maximum atomic E-state index is 11.1. The average molecular weight is 477 g/mol. The van der Waals surface area contributed by atoms with Gasteiger partial charge in [-0.05, 0) is 35.9 Å². The van der Waals surface area contributed by atoms with Crippen molar-refractivity contribution in [2.24, 2.45) is 0 Å². The molecular weight excluding hydrogens is 458 g/mol. The second-order valence-electron chi connectivity index (χ2n) is 6.22. The van der Waals surface area contributed by atoms with Gasteiger partial charge in [0.1, 0.15) is 6.61 Å². The number of nitrogens with one attached hydrogen (secondary N) is 1. The Labute approximate surface area is 182 Å². The van der Waals surface area contributed by atoms with E-state index in [1.165, 1.54) is 6.07 Å². The van der Waals surface area contributed by atoms with E-state index in [2.05, 4.69) is 21.2 Å². The number of benzene rings is 3. The van der Waals surface area contributed by atoms with Crippen LogP contribution < -0.4 is 14.8 Å². The topological polar surface area (TPSA) is 67.8 Å². The zero-order valence-corrected chi connectivity index (χ0v) is 18.0. The van der Waals surface area contributed by atoms with E-state index in [0.717, 1.165) is 15.6 Å². The van der Waals surface area contributed by atoms with Crippen molar-refractivity contribution in [2.75, 3.05) is 12.4 Å². The van der Waals surface area contributed by atoms with Gasteiger partial charge in [-0.1, -0.05) is 57.9 Å². The summed E-state index contributed by atoms with van der Waals surface area (Å²) in [5.74, 6) is 0.196. The number of rotatable bonds is 8. The molecule has 2 N–H and O–H groups in total. The molecule has 0 aliphatic carbocycles. The van der Waals surface area contributed by atoms with E-state index < -0.39 is 5.97 Å². The third-order valence-electron chi connectivity index (χ3n) is 4.22. The van der Waals surface area contributed by atoms with Crippen LogP contribution in [0.25, 0.3) is 0 Å². The number of carbonyl (C=O) groups is 1. The number of carboxylic acids is 1. The number of carboxylic acid groups (broad SMARTS) is 1. The Hall–Kier alpha value is -2.70. The van der Waals surface area contributed by atoms with Crippen LogP contribution in [0.2, 0.25) is 5.02 Å². The number of ether oxygens (including phenoxy) is 2. The number of aromatic carboxylic acids is 1. The molecule has 0 aliphatic heterocycles. The zero-order valence-electron chi connectivity index (χ0n) is 15.6. The van der Waals surface area contributed by atoms with E-state index in [-0.39, 0.29) is 10.6 Å². The van der Waals surface area contributed by atoms with Gasteiger partial charge < -0.3 is 19.9 Å². The Morgan fingerprint density at radius 2 is 1.90 bits per heavy atom. The molecule has 0 aromatic heterocycles. The van der Waals surface area contributed by atoms with Crippen LogP contribution in [0.15, 0.2) is 65.1 Å². The van der Waals surface area contributed by atoms with Crippen molar-refractivity contribution in [3.05, 3.63) is 86.8 Å². The predicted octanol–water partition coefficient (Wildman–Crippen LogP) is 6.00. The molecule has 0 amide bonds. The zero-order chi connectivity index (χ0) is 20.8. The number of hydrogen-bond acceptors (Lipinski definition) is 4. The summed E-state index contributed by atoms with van der Waals surface area (Å²) in [4.78, 5) is 11.1. The monoisotopic (exact) mass is 475 g/mol. The minimum Gasteiger partial charge on any atom is -0.493 e. The summed E-state index contributed by atoms with van der Waals surface area (Å²) in [7, 11) is 1.60. The molecule has 150 valence electrons. The highest BCUT2D eigenvalue weighted by molar-refractivity contribution is 9.10. The summed E-state index contributed by atoms with van der Waals surface area (Å²) in [6.07, 6.45) is 0. The number of methoxy groups -OCH3 is 1. The minimum atomic E-state index is -1.06. The summed E-state index contributed by atoms with van der Waals surface area (Å²) in [5, 5.41) is 12.5. The lowest BCUT2D eigenvalue weighted by molar-refractivity contribution is 0.0697. The number of hydrogen-bond donors (Lipinski definition) is 2. The van der Waals surface area contributed by atoms with Gasteiger partial charge in [-0.25, -0.2) is 4.79 Å². The lowest BCUT2D eigenvalue weighted by Gasteiger charge is -2.17. The van der Waals surface area contributed by atoms with Gasteiger partial charge in [0.25, 0.3) is 0 Å². The molecule has 3 aromatic carbocycles. The van der Waals surface area contributed by atoms with E-state index in [1.54, 1.807) is 19.2 Å². The van der Waals surface area contributed by atoms with Crippen molar-refractivity contribution in [1.29, 1.82) is 0 Å². The lowest BCUT2D eigenvalue weighted by Crippen LogP contribution is -2.06. The molecular formula is C22H19BrClNO4. The van der Waals surface area contributed by atoms with Crippen LogP contribution in [0, 0.1) is 0 Å². The molecule has 0 heterocycles. The first-order valence-electron chi connectivity index (χ1n) is 8.77. The molecule has 0 saturated heterocycles. The second-order valence-corrected chi connectivity index (χ2v) is 7.55. The van der Waals surface area contributed by atoms with E-state index >= 15 is 0 Å². The molecule has 3 rings (SSSR count). The molecule has 0 spiro atoms. The van der Waals surface area contributed by atoms with Crippen LogP contribution >= 0.6 is 27.5 Å². The fourth-order valence-electron chi connectivity index (χ4n) is 2.79. The van der Waals surface area contributed by atoms with Gasteiger partial charge in [0.05, 0.1) is 17.7 Å². The summed E-state index contributed by atoms with van der Waals surface area (Å²) in [6.45, 7) is 0.841. The Morgan fingerprint density at radius 1 is 1.14 bits per heavy atom. The summed E-state index contributed by atoms with van der Waals surface area (Å²) < 4.78 is 12.4. The SMILES string of the molecule is COc1cc(Br)cc(CNc2ccc(C(=O)O)c(Cl)c2)c1OCc1ccccc1. The maximum absolute atomic E-state index is 11.1. The fourth-order valence-corrected chi connectivity index (χ4v) is 3.54. The van der Waals surface area contributed by atoms with E-state index in [4.69, 9.17) is 26.2 Å². The van der Waals surface area contributed by atoms with E-state index in [0.29, 0.717) is 30.3 Å². The summed E-state index contributed by atoms with van der Waals surface area (Å²) in [6, 6.07) is 18.4. The van der Waals surface area contributed by atoms with Crippen LogP contribution in [0.3, 0.4) is 0 Å². The summed E-state index contributed by atoms with van der Waals surface area (Å²) in [5.41, 5.74) is 2.69. The first-order chi connectivity index (χ1) is 14.0. The summed E-state index contributed by atoms with van der Waals surface area (Å²) >= 11 is 9.55. The number of halogens is 2. The van der Waals surface area contributed by atoms with Crippen molar-refractivity contribution < 1.29 is 19.4 Å². The van der Waals surface area contributed by atoms with Gasteiger partial charge in [-0.15, -0.1) is 0 Å². The Morgan fingerprint density at radius 3 is 2.55 bits per heavy atom. The number of anilines is 1. The molecule has 0 atom stereocenters. The smallest absolute Gasteiger partial charge is 0.337 e. The standard InChI is InChI=1S/C22H19BrClNO4/c1-28-20-10-16(23)9-15(21(20)29-13-14-5-3-2-4-6-14)12-25-17-7-8-18(22(26)27)19(24)11-17/h2-11,25H,12-13H2,1H3,(H,26,27). The molecule has 29 heavy (non-hydrogen) atoms. The molecule has 0 saturated carbocycles. The lowest BCUT2D eigenvalue weighted by atomic mass is 10.1. The highest BCUT2D eigenvalue weighted by Gasteiger charge is 2.14. The van der Waals surface area contributed by atoms with Crippen molar-refractivity contribution in [2.45, 2.75) is 13.2 Å². The third-order valence-corrected chi connectivity index (χ3v) is 5.00. The largest absolute Gasteiger partial charge is 0.493 e. The first-order valence-corrected chi connectivity index (χ1v) is 9.95. The van der Waals surface area contributed by atoms with Gasteiger partial charge in [0.15, 0.2) is 11.5 Å². The third kappa shape index (κ3) is 5.43. The Kier molecular flexibility index (Phi) is 7.01. The highest BCUT2D eigenvalue weighted by Crippen LogP contribution is 2.36. The van der Waals surface area contributed by atoms with Gasteiger partial charge in [0, 0.05) is 22.3 Å². The van der Waals surface area contributed by atoms with Crippen LogP contribution in [0.1, 0.15) is 21.5 Å². The second kappa shape index (κ2) is 9.67. The average Bonchev–Trinajstić information content (AvgIpc) is 2.71. The van der Waals surface area contributed by atoms with Gasteiger partial charge >= 0.3 is 5.97 Å². The van der Waals surface area contributed by atoms with Crippen molar-refractivity contribution in [3.63, 3.8) is 0 Å². The van der Waals surface area contributed by atoms with Gasteiger partial charge in [-0.3, -0.25) is 0 Å². The molecule has 0 radical (unpaired) electrons. The quantitative estimate of drug-likeness (QED) is 0.417. The Bertz CT molecular complexity index is 1010. The van der Waals surface area contributed by atoms with Crippen LogP contribution in [-0.2, 0) is 13.2 Å². The molecule has 7 heteroatoms. The van der Waals surface area contributed by atoms with Crippen LogP contribution in [-0.4, -0.2) is 18.2 Å². The van der Waals surface area contributed by atoms with Gasteiger partial charge in [0.2, 0.25) is 0 Å². The van der Waals surface area contributed by atoms with Crippen molar-refractivity contribution >= 4 is 39.2 Å². The van der Waals surface area contributed by atoms with Crippen molar-refractivity contribution in [1.82, 2.24) is 0 Å². The van der Waals surface area contributed by atoms with E-state index in [1.807, 2.05) is 42.5 Å². The minimum absolute atomic E-state index is 0.0632. The van der Waals surface area contributed by atoms with Gasteiger partial charge in [-0.2, -0.15) is 0 Å². The highest BCUT2D eigenvalue weighted by atomic mass is 79.9. The van der Waals surface area contributed by atoms with Crippen molar-refractivity contribution in [3.8, 4) is 11.5 Å². The molecule has 0 unspecified atom stereocenters. The molecule has 3 aromatic rings. The molecule has 5 nitrogen and oxygen atoms in total. The normalized spacial score (nSPS) is 10.4. The van der Waals surface area contributed by atoms with Crippen LogP contribution in [0.4, 0.5) is 5.69 Å². The maximum Gasteiger partial charge on any atom is 0.337 e. The Balaban J connectivity index is 1.81. The first kappa shape index (κ1) is 21.0. The van der Waals surface area contributed by atoms with E-state index in [9.17, 15) is 4.79 Å². The fraction of sp³-hybridized carbons (Fsp3) is 0.136. The molecule has 0 bridgehead atoms.